The number of aryl methyl sites for hydroxylation is 2. The lowest BCUT2D eigenvalue weighted by Gasteiger charge is -2.09. The molecule has 0 unspecified atom stereocenters. The summed E-state index contributed by atoms with van der Waals surface area (Å²) < 4.78 is 1.66. The van der Waals surface area contributed by atoms with Gasteiger partial charge in [-0.25, -0.2) is 9.97 Å². The lowest BCUT2D eigenvalue weighted by molar-refractivity contribution is 0.628. The molecule has 0 saturated carbocycles. The van der Waals surface area contributed by atoms with Gasteiger partial charge in [-0.3, -0.25) is 4.79 Å². The van der Waals surface area contributed by atoms with Crippen LogP contribution < -0.4 is 5.56 Å². The Morgan fingerprint density at radius 1 is 1.47 bits per heavy atom. The summed E-state index contributed by atoms with van der Waals surface area (Å²) in [6.07, 6.45) is 3.68. The van der Waals surface area contributed by atoms with Crippen LogP contribution in [0.3, 0.4) is 0 Å². The molecule has 2 rings (SSSR count). The van der Waals surface area contributed by atoms with Crippen molar-refractivity contribution in [3.63, 3.8) is 0 Å². The van der Waals surface area contributed by atoms with Crippen molar-refractivity contribution in [3.8, 4) is 0 Å². The Labute approximate surface area is 104 Å². The fourth-order valence-electron chi connectivity index (χ4n) is 1.73. The van der Waals surface area contributed by atoms with Gasteiger partial charge in [0.25, 0.3) is 5.56 Å². The van der Waals surface area contributed by atoms with Crippen LogP contribution in [0, 0.1) is 6.92 Å². The summed E-state index contributed by atoms with van der Waals surface area (Å²) in [5.74, 6) is 0. The molecule has 0 fully saturated rings. The number of aromatic nitrogens is 3. The maximum Gasteiger partial charge on any atom is 0.288 e. The van der Waals surface area contributed by atoms with Gasteiger partial charge in [-0.1, -0.05) is 24.9 Å². The van der Waals surface area contributed by atoms with Crippen molar-refractivity contribution in [2.24, 2.45) is 0 Å². The highest BCUT2D eigenvalue weighted by Gasteiger charge is 2.09. The summed E-state index contributed by atoms with van der Waals surface area (Å²) in [5.41, 5.74) is 2.05. The van der Waals surface area contributed by atoms with Gasteiger partial charge in [-0.15, -0.1) is 0 Å². The lowest BCUT2D eigenvalue weighted by Crippen LogP contribution is -2.22. The number of hydrogen-bond donors (Lipinski definition) is 0. The third kappa shape index (κ3) is 2.31. The van der Waals surface area contributed by atoms with Gasteiger partial charge in [0.1, 0.15) is 0 Å². The average Bonchev–Trinajstić information content (AvgIpc) is 2.31. The average molecular weight is 252 g/mol. The van der Waals surface area contributed by atoms with Gasteiger partial charge in [0, 0.05) is 12.7 Å². The lowest BCUT2D eigenvalue weighted by atomic mass is 10.2. The first kappa shape index (κ1) is 12.0. The molecular weight excluding hydrogens is 238 g/mol. The first-order valence-electron chi connectivity index (χ1n) is 5.66. The molecule has 2 aromatic heterocycles. The molecule has 0 saturated heterocycles. The Hall–Kier alpha value is -1.42. The molecule has 0 radical (unpaired) electrons. The Bertz CT molecular complexity index is 606. The van der Waals surface area contributed by atoms with Crippen LogP contribution in [0.4, 0.5) is 0 Å². The molecule has 0 atom stereocenters. The van der Waals surface area contributed by atoms with Gasteiger partial charge < -0.3 is 4.57 Å². The summed E-state index contributed by atoms with van der Waals surface area (Å²) in [4.78, 5) is 20.1. The minimum atomic E-state index is -0.236. The Kier molecular flexibility index (Phi) is 3.43. The monoisotopic (exact) mass is 251 g/mol. The third-order valence-corrected chi connectivity index (χ3v) is 2.88. The smallest absolute Gasteiger partial charge is 0.288 e. The molecule has 2 heterocycles. The second kappa shape index (κ2) is 4.84. The molecule has 0 aliphatic rings. The van der Waals surface area contributed by atoms with Gasteiger partial charge in [0.15, 0.2) is 10.8 Å². The molecule has 17 heavy (non-hydrogen) atoms. The van der Waals surface area contributed by atoms with Crippen LogP contribution in [0.5, 0.6) is 0 Å². The first-order valence-corrected chi connectivity index (χ1v) is 6.04. The van der Waals surface area contributed by atoms with Crippen molar-refractivity contribution in [3.05, 3.63) is 33.3 Å². The second-order valence-corrected chi connectivity index (χ2v) is 4.43. The van der Waals surface area contributed by atoms with Crippen LogP contribution in [-0.2, 0) is 6.54 Å². The van der Waals surface area contributed by atoms with E-state index in [0.29, 0.717) is 12.2 Å². The summed E-state index contributed by atoms with van der Waals surface area (Å²) in [6, 6.07) is 1.92. The standard InChI is InChI=1S/C12H14ClN3O/c1-3-4-5-16-9-6-8(2)7-14-11(9)15-10(13)12(16)17/h6-7H,3-5H2,1-2H3. The van der Waals surface area contributed by atoms with E-state index in [4.69, 9.17) is 11.6 Å². The predicted molar refractivity (Wildman–Crippen MR) is 68.5 cm³/mol. The van der Waals surface area contributed by atoms with Crippen molar-refractivity contribution >= 4 is 22.8 Å². The van der Waals surface area contributed by atoms with Gasteiger partial charge >= 0.3 is 0 Å². The summed E-state index contributed by atoms with van der Waals surface area (Å²) in [6.45, 7) is 4.68. The van der Waals surface area contributed by atoms with Crippen LogP contribution in [0.1, 0.15) is 25.3 Å². The minimum absolute atomic E-state index is 0.00930. The van der Waals surface area contributed by atoms with Crippen molar-refractivity contribution in [2.45, 2.75) is 33.2 Å². The van der Waals surface area contributed by atoms with Gasteiger partial charge in [-0.05, 0) is 25.0 Å². The van der Waals surface area contributed by atoms with E-state index in [1.54, 1.807) is 10.8 Å². The van der Waals surface area contributed by atoms with E-state index < -0.39 is 0 Å². The molecule has 0 spiro atoms. The van der Waals surface area contributed by atoms with E-state index in [-0.39, 0.29) is 10.7 Å². The number of nitrogens with zero attached hydrogens (tertiary/aromatic N) is 3. The number of unbranched alkanes of at least 4 members (excludes halogenated alkanes) is 1. The van der Waals surface area contributed by atoms with Crippen LogP contribution in [0.25, 0.3) is 11.2 Å². The number of rotatable bonds is 3. The molecule has 0 aliphatic carbocycles. The summed E-state index contributed by atoms with van der Waals surface area (Å²) in [7, 11) is 0. The van der Waals surface area contributed by atoms with Gasteiger partial charge in [0.2, 0.25) is 0 Å². The van der Waals surface area contributed by atoms with E-state index in [9.17, 15) is 4.79 Å². The van der Waals surface area contributed by atoms with E-state index in [1.807, 2.05) is 13.0 Å². The highest BCUT2D eigenvalue weighted by molar-refractivity contribution is 6.29. The number of halogens is 1. The highest BCUT2D eigenvalue weighted by atomic mass is 35.5. The maximum atomic E-state index is 11.9. The molecule has 2 aromatic rings. The third-order valence-electron chi connectivity index (χ3n) is 2.64. The predicted octanol–water partition coefficient (Wildman–Crippen LogP) is 2.55. The highest BCUT2D eigenvalue weighted by Crippen LogP contribution is 2.12. The van der Waals surface area contributed by atoms with E-state index in [0.717, 1.165) is 23.9 Å². The van der Waals surface area contributed by atoms with Gasteiger partial charge in [0.05, 0.1) is 5.52 Å². The summed E-state index contributed by atoms with van der Waals surface area (Å²) >= 11 is 5.83. The van der Waals surface area contributed by atoms with Crippen LogP contribution in [-0.4, -0.2) is 14.5 Å². The SMILES string of the molecule is CCCCn1c(=O)c(Cl)nc2ncc(C)cc21. The van der Waals surface area contributed by atoms with Crippen molar-refractivity contribution in [1.82, 2.24) is 14.5 Å². The molecule has 0 N–H and O–H groups in total. The van der Waals surface area contributed by atoms with Crippen molar-refractivity contribution in [1.29, 1.82) is 0 Å². The minimum Gasteiger partial charge on any atom is -0.303 e. The Balaban J connectivity index is 2.71. The molecule has 90 valence electrons. The van der Waals surface area contributed by atoms with Gasteiger partial charge in [-0.2, -0.15) is 0 Å². The number of fused-ring (bicyclic) bond motifs is 1. The molecule has 0 aromatic carbocycles. The van der Waals surface area contributed by atoms with Crippen molar-refractivity contribution in [2.75, 3.05) is 0 Å². The zero-order valence-electron chi connectivity index (χ0n) is 9.90. The van der Waals surface area contributed by atoms with E-state index in [2.05, 4.69) is 16.9 Å². The fourth-order valence-corrected chi connectivity index (χ4v) is 1.91. The fraction of sp³-hybridized carbons (Fsp3) is 0.417. The largest absolute Gasteiger partial charge is 0.303 e. The molecule has 5 heteroatoms. The zero-order valence-corrected chi connectivity index (χ0v) is 10.7. The topological polar surface area (TPSA) is 47.8 Å². The molecule has 0 amide bonds. The van der Waals surface area contributed by atoms with E-state index >= 15 is 0 Å². The molecular formula is C12H14ClN3O. The Morgan fingerprint density at radius 2 is 2.24 bits per heavy atom. The summed E-state index contributed by atoms with van der Waals surface area (Å²) in [5, 5.41) is -0.00930. The number of hydrogen-bond acceptors (Lipinski definition) is 3. The quantitative estimate of drug-likeness (QED) is 0.842. The van der Waals surface area contributed by atoms with E-state index in [1.165, 1.54) is 0 Å². The van der Waals surface area contributed by atoms with Crippen LogP contribution >= 0.6 is 11.6 Å². The maximum absolute atomic E-state index is 11.9. The van der Waals surface area contributed by atoms with Crippen molar-refractivity contribution < 1.29 is 0 Å². The molecule has 0 bridgehead atoms. The molecule has 4 nitrogen and oxygen atoms in total. The zero-order chi connectivity index (χ0) is 12.4. The van der Waals surface area contributed by atoms with Crippen LogP contribution in [0.15, 0.2) is 17.1 Å². The second-order valence-electron chi connectivity index (χ2n) is 4.07. The Morgan fingerprint density at radius 3 is 2.94 bits per heavy atom. The first-order chi connectivity index (χ1) is 8.13. The van der Waals surface area contributed by atoms with Crippen LogP contribution in [0.2, 0.25) is 5.15 Å². The normalized spacial score (nSPS) is 11.0. The number of pyridine rings is 1. The molecule has 0 aliphatic heterocycles.